The molecule has 1 spiro atoms. The molecule has 7 heteroatoms. The van der Waals surface area contributed by atoms with Crippen molar-refractivity contribution in [3.8, 4) is 5.88 Å². The van der Waals surface area contributed by atoms with E-state index >= 15 is 0 Å². The van der Waals surface area contributed by atoms with Crippen molar-refractivity contribution < 1.29 is 19.0 Å². The van der Waals surface area contributed by atoms with Gasteiger partial charge in [0.2, 0.25) is 17.7 Å². The van der Waals surface area contributed by atoms with Crippen LogP contribution >= 0.6 is 0 Å². The molecule has 4 rings (SSSR count). The van der Waals surface area contributed by atoms with Gasteiger partial charge < -0.3 is 20.5 Å². The van der Waals surface area contributed by atoms with Crippen LogP contribution in [-0.4, -0.2) is 40.3 Å². The number of hydrogen-bond donors (Lipinski definition) is 3. The van der Waals surface area contributed by atoms with E-state index in [1.165, 1.54) is 6.92 Å². The Labute approximate surface area is 207 Å². The molecule has 1 amide bonds. The van der Waals surface area contributed by atoms with Crippen LogP contribution in [0, 0.1) is 11.4 Å². The highest BCUT2D eigenvalue weighted by atomic mass is 19.1. The molecule has 35 heavy (non-hydrogen) atoms. The molecule has 1 aliphatic heterocycles. The molecule has 2 heterocycles. The summed E-state index contributed by atoms with van der Waals surface area (Å²) in [4.78, 5) is 16.1. The highest BCUT2D eigenvalue weighted by molar-refractivity contribution is 5.73. The largest absolute Gasteiger partial charge is 0.471 e. The van der Waals surface area contributed by atoms with Crippen molar-refractivity contribution in [2.24, 2.45) is 5.41 Å². The summed E-state index contributed by atoms with van der Waals surface area (Å²) < 4.78 is 21.1. The molecule has 1 aliphatic carbocycles. The minimum Gasteiger partial charge on any atom is -0.471 e. The molecular weight excluding hydrogens is 445 g/mol. The molecule has 1 aromatic carbocycles. The van der Waals surface area contributed by atoms with Gasteiger partial charge in [-0.25, -0.2) is 0 Å². The lowest BCUT2D eigenvalue weighted by atomic mass is 9.73. The van der Waals surface area contributed by atoms with Crippen molar-refractivity contribution in [2.45, 2.75) is 90.0 Å². The van der Waals surface area contributed by atoms with E-state index in [-0.39, 0.29) is 29.5 Å². The number of rotatable bonds is 8. The van der Waals surface area contributed by atoms with Gasteiger partial charge in [0.25, 0.3) is 0 Å². The average molecular weight is 484 g/mol. The van der Waals surface area contributed by atoms with Crippen LogP contribution in [0.15, 0.2) is 36.4 Å². The summed E-state index contributed by atoms with van der Waals surface area (Å²) in [6.07, 6.45) is 3.97. The Bertz CT molecular complexity index is 1030. The molecule has 0 radical (unpaired) electrons. The third kappa shape index (κ3) is 6.39. The molecule has 0 bridgehead atoms. The van der Waals surface area contributed by atoms with Gasteiger partial charge in [0, 0.05) is 37.1 Å². The van der Waals surface area contributed by atoms with E-state index < -0.39 is 18.1 Å². The van der Waals surface area contributed by atoms with Gasteiger partial charge in [0.05, 0.1) is 12.1 Å². The first-order valence-electron chi connectivity index (χ1n) is 12.6. The molecule has 190 valence electrons. The van der Waals surface area contributed by atoms with Crippen molar-refractivity contribution in [2.75, 3.05) is 6.54 Å². The zero-order valence-electron chi connectivity index (χ0n) is 21.2. The number of carbonyl (C=O) groups excluding carboxylic acids is 1. The first-order chi connectivity index (χ1) is 16.5. The van der Waals surface area contributed by atoms with Crippen LogP contribution in [0.5, 0.6) is 5.88 Å². The number of nitrogens with one attached hydrogen (secondary N) is 2. The predicted molar refractivity (Wildman–Crippen MR) is 134 cm³/mol. The second-order valence-corrected chi connectivity index (χ2v) is 11.4. The molecule has 1 saturated carbocycles. The van der Waals surface area contributed by atoms with Crippen LogP contribution in [0.25, 0.3) is 0 Å². The third-order valence-electron chi connectivity index (χ3n) is 7.02. The molecule has 2 aliphatic rings. The van der Waals surface area contributed by atoms with E-state index in [1.807, 2.05) is 36.4 Å². The van der Waals surface area contributed by atoms with Crippen LogP contribution < -0.4 is 15.4 Å². The molecule has 0 unspecified atom stereocenters. The fraction of sp³-hybridized carbons (Fsp3) is 0.571. The van der Waals surface area contributed by atoms with E-state index in [2.05, 4.69) is 36.4 Å². The minimum absolute atomic E-state index is 0.0797. The topological polar surface area (TPSA) is 83.5 Å². The lowest BCUT2D eigenvalue weighted by Gasteiger charge is -2.47. The van der Waals surface area contributed by atoms with Crippen molar-refractivity contribution in [3.63, 3.8) is 0 Å². The summed E-state index contributed by atoms with van der Waals surface area (Å²) in [6, 6.07) is 11.2. The smallest absolute Gasteiger partial charge is 0.221 e. The van der Waals surface area contributed by atoms with E-state index in [0.29, 0.717) is 24.3 Å². The fourth-order valence-corrected chi connectivity index (χ4v) is 5.17. The normalized spacial score (nSPS) is 20.3. The van der Waals surface area contributed by atoms with Crippen LogP contribution in [0.2, 0.25) is 0 Å². The molecule has 1 aromatic heterocycles. The molecule has 1 fully saturated rings. The van der Waals surface area contributed by atoms with E-state index in [4.69, 9.17) is 4.74 Å². The number of pyridine rings is 1. The Balaban J connectivity index is 1.53. The highest BCUT2D eigenvalue weighted by Gasteiger charge is 2.46. The zero-order chi connectivity index (χ0) is 25.2. The van der Waals surface area contributed by atoms with Gasteiger partial charge in [-0.2, -0.15) is 9.37 Å². The summed E-state index contributed by atoms with van der Waals surface area (Å²) in [5.41, 5.74) is 2.07. The van der Waals surface area contributed by atoms with Crippen LogP contribution in [-0.2, 0) is 17.6 Å². The Morgan fingerprint density at radius 1 is 1.29 bits per heavy atom. The fourth-order valence-electron chi connectivity index (χ4n) is 5.17. The number of ether oxygens (including phenoxy) is 1. The average Bonchev–Trinajstić information content (AvgIpc) is 2.75. The lowest BCUT2D eigenvalue weighted by molar-refractivity contribution is -0.120. The first-order valence-corrected chi connectivity index (χ1v) is 12.6. The molecule has 3 N–H and O–H groups in total. The van der Waals surface area contributed by atoms with Gasteiger partial charge in [0.1, 0.15) is 5.60 Å². The van der Waals surface area contributed by atoms with Gasteiger partial charge in [-0.3, -0.25) is 4.79 Å². The van der Waals surface area contributed by atoms with Crippen LogP contribution in [0.1, 0.15) is 76.1 Å². The summed E-state index contributed by atoms with van der Waals surface area (Å²) in [5.74, 6) is -0.287. The number of carbonyl (C=O) groups is 1. The predicted octanol–water partition coefficient (Wildman–Crippen LogP) is 4.25. The Kier molecular flexibility index (Phi) is 7.48. The van der Waals surface area contributed by atoms with Crippen molar-refractivity contribution >= 4 is 5.91 Å². The standard InChI is InChI=1S/C28H38FN3O3/c1-18(33)31-22(13-19-9-6-5-7-10-19)24(34)17-30-23-16-28(11-8-12-28)35-26-21(23)14-20(25(29)32-26)15-27(2,3)4/h5-7,9-10,14,22-24,30,34H,8,11-13,15-17H2,1-4H3,(H,31,33)/t22-,23-,24+/m0/s1. The monoisotopic (exact) mass is 483 g/mol. The van der Waals surface area contributed by atoms with Crippen LogP contribution in [0.3, 0.4) is 0 Å². The molecule has 3 atom stereocenters. The quantitative estimate of drug-likeness (QED) is 0.489. The Hall–Kier alpha value is -2.51. The van der Waals surface area contributed by atoms with Crippen molar-refractivity contribution in [1.82, 2.24) is 15.6 Å². The SMILES string of the molecule is CC(=O)N[C@@H](Cc1ccccc1)[C@H](O)CN[C@H]1CC2(CCC2)Oc2nc(F)c(CC(C)(C)C)cc21. The maximum Gasteiger partial charge on any atom is 0.221 e. The Morgan fingerprint density at radius 2 is 2.00 bits per heavy atom. The first kappa shape index (κ1) is 25.6. The van der Waals surface area contributed by atoms with E-state index in [0.717, 1.165) is 36.8 Å². The molecule has 2 aromatic rings. The second kappa shape index (κ2) is 10.2. The van der Waals surface area contributed by atoms with E-state index in [9.17, 15) is 14.3 Å². The van der Waals surface area contributed by atoms with Gasteiger partial charge in [-0.05, 0) is 49.1 Å². The third-order valence-corrected chi connectivity index (χ3v) is 7.02. The minimum atomic E-state index is -0.801. The number of fused-ring (bicyclic) bond motifs is 1. The molecule has 0 saturated heterocycles. The summed E-state index contributed by atoms with van der Waals surface area (Å²) in [6.45, 7) is 7.97. The summed E-state index contributed by atoms with van der Waals surface area (Å²) in [5, 5.41) is 17.5. The van der Waals surface area contributed by atoms with Gasteiger partial charge in [0.15, 0.2) is 0 Å². The second-order valence-electron chi connectivity index (χ2n) is 11.4. The number of hydrogen-bond acceptors (Lipinski definition) is 5. The van der Waals surface area contributed by atoms with Crippen molar-refractivity contribution in [3.05, 3.63) is 59.0 Å². The van der Waals surface area contributed by atoms with Crippen molar-refractivity contribution in [1.29, 1.82) is 0 Å². The number of aromatic nitrogens is 1. The zero-order valence-corrected chi connectivity index (χ0v) is 21.2. The highest BCUT2D eigenvalue weighted by Crippen LogP contribution is 2.48. The van der Waals surface area contributed by atoms with Gasteiger partial charge >= 0.3 is 0 Å². The number of aliphatic hydroxyl groups excluding tert-OH is 1. The van der Waals surface area contributed by atoms with E-state index in [1.54, 1.807) is 0 Å². The summed E-state index contributed by atoms with van der Waals surface area (Å²) >= 11 is 0. The number of amides is 1. The lowest BCUT2D eigenvalue weighted by Crippen LogP contribution is -2.52. The number of halogens is 1. The van der Waals surface area contributed by atoms with Crippen LogP contribution in [0.4, 0.5) is 4.39 Å². The number of nitrogens with zero attached hydrogens (tertiary/aromatic N) is 1. The maximum absolute atomic E-state index is 14.9. The molecular formula is C28H38FN3O3. The van der Waals surface area contributed by atoms with Gasteiger partial charge in [-0.15, -0.1) is 0 Å². The Morgan fingerprint density at radius 3 is 2.60 bits per heavy atom. The van der Waals surface area contributed by atoms with Gasteiger partial charge in [-0.1, -0.05) is 51.1 Å². The molecule has 6 nitrogen and oxygen atoms in total. The number of aliphatic hydroxyl groups is 1. The maximum atomic E-state index is 14.9. The number of benzene rings is 1. The summed E-state index contributed by atoms with van der Waals surface area (Å²) in [7, 11) is 0.